The van der Waals surface area contributed by atoms with Gasteiger partial charge in [0.15, 0.2) is 11.5 Å². The minimum absolute atomic E-state index is 0.0101. The topological polar surface area (TPSA) is 72.9 Å². The zero-order chi connectivity index (χ0) is 20.4. The maximum atomic E-state index is 12.9. The Bertz CT molecular complexity index is 938. The first-order valence-electron chi connectivity index (χ1n) is 7.51. The Balaban J connectivity index is 2.39. The van der Waals surface area contributed by atoms with Crippen molar-refractivity contribution in [1.82, 2.24) is 4.31 Å². The van der Waals surface area contributed by atoms with Crippen LogP contribution in [0.5, 0.6) is 17.2 Å². The van der Waals surface area contributed by atoms with Crippen molar-refractivity contribution in [2.24, 2.45) is 0 Å². The van der Waals surface area contributed by atoms with Crippen molar-refractivity contribution in [3.8, 4) is 17.2 Å². The normalized spacial score (nSPS) is 12.1. The largest absolute Gasteiger partial charge is 0.453 e. The van der Waals surface area contributed by atoms with Crippen LogP contribution in [0.1, 0.15) is 12.5 Å². The van der Waals surface area contributed by atoms with Gasteiger partial charge >= 0.3 is 12.1 Å². The second kappa shape index (κ2) is 7.57. The Labute approximate surface area is 154 Å². The Hall–Kier alpha value is -2.59. The maximum Gasteiger partial charge on any atom is 0.416 e. The number of rotatable bonds is 5. The average Bonchev–Trinajstić information content (AvgIpc) is 2.55. The number of carbonyl (C=O) groups is 1. The highest BCUT2D eigenvalue weighted by atomic mass is 32.2. The van der Waals surface area contributed by atoms with E-state index >= 15 is 0 Å². The van der Waals surface area contributed by atoms with E-state index in [9.17, 15) is 26.4 Å². The molecule has 0 aliphatic carbocycles. The van der Waals surface area contributed by atoms with Crippen LogP contribution in [0.2, 0.25) is 0 Å². The van der Waals surface area contributed by atoms with Crippen molar-refractivity contribution in [2.45, 2.75) is 18.0 Å². The predicted octanol–water partition coefficient (Wildman–Crippen LogP) is 3.67. The molecule has 0 aromatic heterocycles. The van der Waals surface area contributed by atoms with E-state index < -0.39 is 27.7 Å². The zero-order valence-corrected chi connectivity index (χ0v) is 15.4. The summed E-state index contributed by atoms with van der Waals surface area (Å²) in [6, 6.07) is 7.51. The van der Waals surface area contributed by atoms with Gasteiger partial charge in [0.1, 0.15) is 5.75 Å². The van der Waals surface area contributed by atoms with Gasteiger partial charge in [-0.05, 0) is 42.5 Å². The van der Waals surface area contributed by atoms with Crippen LogP contribution in [0, 0.1) is 0 Å². The van der Waals surface area contributed by atoms with E-state index in [1.54, 1.807) is 0 Å². The first-order chi connectivity index (χ1) is 12.4. The highest BCUT2D eigenvalue weighted by molar-refractivity contribution is 7.89. The third kappa shape index (κ3) is 4.98. The van der Waals surface area contributed by atoms with Crippen LogP contribution in [0.15, 0.2) is 47.4 Å². The summed E-state index contributed by atoms with van der Waals surface area (Å²) >= 11 is 0. The molecule has 0 amide bonds. The van der Waals surface area contributed by atoms with Gasteiger partial charge in [-0.3, -0.25) is 4.79 Å². The second-order valence-corrected chi connectivity index (χ2v) is 7.77. The van der Waals surface area contributed by atoms with Crippen molar-refractivity contribution < 1.29 is 35.9 Å². The van der Waals surface area contributed by atoms with Crippen LogP contribution in [-0.4, -0.2) is 32.8 Å². The molecule has 0 bridgehead atoms. The number of halogens is 3. The summed E-state index contributed by atoms with van der Waals surface area (Å²) in [5.41, 5.74) is -0.986. The molecule has 10 heteroatoms. The van der Waals surface area contributed by atoms with E-state index in [4.69, 9.17) is 9.47 Å². The number of carbonyl (C=O) groups excluding carboxylic acids is 1. The molecule has 0 N–H and O–H groups in total. The highest BCUT2D eigenvalue weighted by Crippen LogP contribution is 2.38. The number of alkyl halides is 3. The lowest BCUT2D eigenvalue weighted by molar-refractivity contribution is -0.137. The second-order valence-electron chi connectivity index (χ2n) is 5.61. The fourth-order valence-electron chi connectivity index (χ4n) is 2.02. The minimum Gasteiger partial charge on any atom is -0.453 e. The molecule has 2 aromatic carbocycles. The molecule has 6 nitrogen and oxygen atoms in total. The predicted molar refractivity (Wildman–Crippen MR) is 90.1 cm³/mol. The molecular formula is C17H16F3NO5S. The van der Waals surface area contributed by atoms with Gasteiger partial charge in [0, 0.05) is 21.0 Å². The van der Waals surface area contributed by atoms with Crippen molar-refractivity contribution in [3.05, 3.63) is 48.0 Å². The molecule has 0 aliphatic heterocycles. The monoisotopic (exact) mass is 403 g/mol. The molecule has 0 atom stereocenters. The van der Waals surface area contributed by atoms with Gasteiger partial charge in [-0.25, -0.2) is 12.7 Å². The van der Waals surface area contributed by atoms with Gasteiger partial charge < -0.3 is 9.47 Å². The van der Waals surface area contributed by atoms with E-state index in [2.05, 4.69) is 0 Å². The number of esters is 1. The summed E-state index contributed by atoms with van der Waals surface area (Å²) in [6.07, 6.45) is -4.61. The fourth-order valence-corrected chi connectivity index (χ4v) is 2.92. The summed E-state index contributed by atoms with van der Waals surface area (Å²) in [4.78, 5) is 11.1. The zero-order valence-electron chi connectivity index (χ0n) is 14.6. The molecule has 0 unspecified atom stereocenters. The van der Waals surface area contributed by atoms with Gasteiger partial charge in [0.05, 0.1) is 10.5 Å². The molecule has 0 heterocycles. The SMILES string of the molecule is CC(=O)Oc1ccc(C(F)(F)F)cc1Oc1ccc(S(=O)(=O)N(C)C)cc1. The molecule has 0 saturated carbocycles. The molecule has 0 spiro atoms. The lowest BCUT2D eigenvalue weighted by Crippen LogP contribution is -2.22. The average molecular weight is 403 g/mol. The van der Waals surface area contributed by atoms with E-state index in [0.29, 0.717) is 6.07 Å². The van der Waals surface area contributed by atoms with Crippen LogP contribution in [0.25, 0.3) is 0 Å². The summed E-state index contributed by atoms with van der Waals surface area (Å²) in [5.74, 6) is -1.18. The van der Waals surface area contributed by atoms with Crippen molar-refractivity contribution in [3.63, 3.8) is 0 Å². The van der Waals surface area contributed by atoms with E-state index in [1.807, 2.05) is 0 Å². The number of benzene rings is 2. The van der Waals surface area contributed by atoms with Crippen molar-refractivity contribution >= 4 is 16.0 Å². The molecule has 0 radical (unpaired) electrons. The number of hydrogen-bond donors (Lipinski definition) is 0. The quantitative estimate of drug-likeness (QED) is 0.563. The van der Waals surface area contributed by atoms with Crippen LogP contribution in [0.3, 0.4) is 0 Å². The van der Waals surface area contributed by atoms with Gasteiger partial charge in [-0.1, -0.05) is 0 Å². The number of ether oxygens (including phenoxy) is 2. The number of nitrogens with zero attached hydrogens (tertiary/aromatic N) is 1. The lowest BCUT2D eigenvalue weighted by Gasteiger charge is -2.15. The van der Waals surface area contributed by atoms with Crippen LogP contribution >= 0.6 is 0 Å². The van der Waals surface area contributed by atoms with E-state index in [1.165, 1.54) is 38.4 Å². The van der Waals surface area contributed by atoms with Gasteiger partial charge in [0.2, 0.25) is 10.0 Å². The maximum absolute atomic E-state index is 12.9. The first-order valence-corrected chi connectivity index (χ1v) is 8.95. The van der Waals surface area contributed by atoms with Crippen molar-refractivity contribution in [2.75, 3.05) is 14.1 Å². The third-order valence-corrected chi connectivity index (χ3v) is 5.18. The summed E-state index contributed by atoms with van der Waals surface area (Å²) in [5, 5.41) is 0. The number of hydrogen-bond acceptors (Lipinski definition) is 5. The van der Waals surface area contributed by atoms with Gasteiger partial charge in [-0.15, -0.1) is 0 Å². The molecule has 2 aromatic rings. The Kier molecular flexibility index (Phi) is 5.81. The molecule has 2 rings (SSSR count). The Morgan fingerprint density at radius 3 is 2.07 bits per heavy atom. The summed E-state index contributed by atoms with van der Waals surface area (Å²) < 4.78 is 74.1. The fraction of sp³-hybridized carbons (Fsp3) is 0.235. The third-order valence-electron chi connectivity index (χ3n) is 3.35. The van der Waals surface area contributed by atoms with Crippen LogP contribution in [-0.2, 0) is 21.0 Å². The highest BCUT2D eigenvalue weighted by Gasteiger charge is 2.31. The molecule has 146 valence electrons. The van der Waals surface area contributed by atoms with Crippen LogP contribution in [0.4, 0.5) is 13.2 Å². The minimum atomic E-state index is -4.61. The molecule has 0 fully saturated rings. The van der Waals surface area contributed by atoms with E-state index in [0.717, 1.165) is 23.4 Å². The molecule has 0 saturated heterocycles. The summed E-state index contributed by atoms with van der Waals surface area (Å²) in [6.45, 7) is 1.10. The van der Waals surface area contributed by atoms with E-state index in [-0.39, 0.29) is 22.1 Å². The van der Waals surface area contributed by atoms with Crippen molar-refractivity contribution in [1.29, 1.82) is 0 Å². The molecule has 0 aliphatic rings. The summed E-state index contributed by atoms with van der Waals surface area (Å²) in [7, 11) is -0.919. The Morgan fingerprint density at radius 1 is 1.00 bits per heavy atom. The standard InChI is InChI=1S/C17H16F3NO5S/c1-11(22)25-15-9-4-12(17(18,19)20)10-16(15)26-13-5-7-14(8-6-13)27(23,24)21(2)3/h4-10H,1-3H3. The van der Waals surface area contributed by atoms with Crippen LogP contribution < -0.4 is 9.47 Å². The lowest BCUT2D eigenvalue weighted by atomic mass is 10.2. The Morgan fingerprint density at radius 2 is 1.59 bits per heavy atom. The first kappa shape index (κ1) is 20.7. The smallest absolute Gasteiger partial charge is 0.416 e. The molecular weight excluding hydrogens is 387 g/mol. The number of sulfonamides is 1. The van der Waals surface area contributed by atoms with Gasteiger partial charge in [-0.2, -0.15) is 13.2 Å². The van der Waals surface area contributed by atoms with Gasteiger partial charge in [0.25, 0.3) is 0 Å². The molecule has 27 heavy (non-hydrogen) atoms.